The Hall–Kier alpha value is -1.61. The molecule has 2 fully saturated rings. The number of rotatable bonds is 0. The van der Waals surface area contributed by atoms with E-state index in [1.54, 1.807) is 13.0 Å². The van der Waals surface area contributed by atoms with Crippen molar-refractivity contribution in [3.8, 4) is 0 Å². The molecule has 2 heterocycles. The molecule has 5 nitrogen and oxygen atoms in total. The van der Waals surface area contributed by atoms with E-state index in [-0.39, 0.29) is 5.91 Å². The third-order valence-corrected chi connectivity index (χ3v) is 2.84. The Kier molecular flexibility index (Phi) is 4.26. The van der Waals surface area contributed by atoms with Crippen molar-refractivity contribution in [2.75, 3.05) is 20.6 Å². The largest absolute Gasteiger partial charge is 0.364 e. The van der Waals surface area contributed by atoms with Crippen molar-refractivity contribution in [1.82, 2.24) is 9.80 Å². The first-order chi connectivity index (χ1) is 7.56. The first kappa shape index (κ1) is 12.5. The summed E-state index contributed by atoms with van der Waals surface area (Å²) in [7, 11) is 3.56. The highest BCUT2D eigenvalue weighted by Crippen LogP contribution is 2.16. The van der Waals surface area contributed by atoms with Crippen LogP contribution in [0.15, 0.2) is 5.70 Å². The molecule has 2 aliphatic heterocycles. The Morgan fingerprint density at radius 3 is 2.12 bits per heavy atom. The van der Waals surface area contributed by atoms with Gasteiger partial charge in [0.1, 0.15) is 11.6 Å². The Morgan fingerprint density at radius 1 is 1.25 bits per heavy atom. The first-order valence-electron chi connectivity index (χ1n) is 5.35. The van der Waals surface area contributed by atoms with Crippen LogP contribution in [0.4, 0.5) is 0 Å². The van der Waals surface area contributed by atoms with E-state index >= 15 is 0 Å². The molecule has 0 bridgehead atoms. The quantitative estimate of drug-likeness (QED) is 0.613. The van der Waals surface area contributed by atoms with Crippen molar-refractivity contribution in [1.29, 1.82) is 5.41 Å². The van der Waals surface area contributed by atoms with E-state index in [4.69, 9.17) is 5.41 Å². The monoisotopic (exact) mass is 223 g/mol. The minimum absolute atomic E-state index is 0.00773. The molecule has 0 atom stereocenters. The van der Waals surface area contributed by atoms with E-state index in [0.717, 1.165) is 18.8 Å². The van der Waals surface area contributed by atoms with Crippen LogP contribution < -0.4 is 0 Å². The second-order valence-corrected chi connectivity index (χ2v) is 3.97. The summed E-state index contributed by atoms with van der Waals surface area (Å²) in [4.78, 5) is 24.0. The number of amidine groups is 1. The van der Waals surface area contributed by atoms with Crippen molar-refractivity contribution in [3.63, 3.8) is 0 Å². The van der Waals surface area contributed by atoms with Crippen LogP contribution in [0.1, 0.15) is 25.7 Å². The Morgan fingerprint density at radius 2 is 1.94 bits per heavy atom. The molecular formula is C11H17N3O2. The Labute approximate surface area is 95.2 Å². The molecule has 0 spiro atoms. The van der Waals surface area contributed by atoms with Crippen molar-refractivity contribution in [3.05, 3.63) is 5.70 Å². The number of hydrogen-bond donors (Lipinski definition) is 1. The molecule has 2 rings (SSSR count). The van der Waals surface area contributed by atoms with Crippen LogP contribution in [0.25, 0.3) is 0 Å². The highest BCUT2D eigenvalue weighted by Gasteiger charge is 2.21. The van der Waals surface area contributed by atoms with Gasteiger partial charge in [0.25, 0.3) is 0 Å². The summed E-state index contributed by atoms with van der Waals surface area (Å²) in [6.07, 6.45) is 3.17. The lowest BCUT2D eigenvalue weighted by Crippen LogP contribution is -2.17. The zero-order chi connectivity index (χ0) is 12.1. The van der Waals surface area contributed by atoms with Crippen LogP contribution >= 0.6 is 0 Å². The van der Waals surface area contributed by atoms with Crippen molar-refractivity contribution in [2.45, 2.75) is 25.7 Å². The lowest BCUT2D eigenvalue weighted by molar-refractivity contribution is -0.125. The summed E-state index contributed by atoms with van der Waals surface area (Å²) in [6, 6.07) is 0. The standard InChI is InChI=1S/C6H7NO2.C5H10N2/c1-7-5(4-8)2-3-6(7)9;1-7-4-2-3-5(7)6/h2-3H2,1H3;6H,2-4H2,1H3. The number of hydrogen-bond acceptors (Lipinski definition) is 3. The Balaban J connectivity index is 0.000000165. The predicted molar refractivity (Wildman–Crippen MR) is 60.8 cm³/mol. The zero-order valence-electron chi connectivity index (χ0n) is 9.75. The lowest BCUT2D eigenvalue weighted by Gasteiger charge is -2.06. The molecule has 0 aromatic rings. The van der Waals surface area contributed by atoms with E-state index in [9.17, 15) is 9.59 Å². The van der Waals surface area contributed by atoms with E-state index in [1.807, 2.05) is 11.9 Å². The second kappa shape index (κ2) is 5.47. The van der Waals surface area contributed by atoms with Crippen LogP contribution in [0.5, 0.6) is 0 Å². The van der Waals surface area contributed by atoms with Crippen LogP contribution in [-0.4, -0.2) is 48.1 Å². The summed E-state index contributed by atoms with van der Waals surface area (Å²) in [6.45, 7) is 1.08. The molecule has 88 valence electrons. The molecule has 16 heavy (non-hydrogen) atoms. The maximum absolute atomic E-state index is 10.7. The molecule has 0 aromatic heterocycles. The molecule has 0 saturated carbocycles. The molecule has 5 heteroatoms. The summed E-state index contributed by atoms with van der Waals surface area (Å²) >= 11 is 0. The van der Waals surface area contributed by atoms with Crippen LogP contribution in [0.3, 0.4) is 0 Å². The summed E-state index contributed by atoms with van der Waals surface area (Å²) in [5, 5.41) is 7.18. The second-order valence-electron chi connectivity index (χ2n) is 3.97. The number of amides is 1. The number of nitrogens with one attached hydrogen (secondary N) is 1. The number of carbonyl (C=O) groups is 1. The number of likely N-dealkylation sites (tertiary alicyclic amines) is 2. The van der Waals surface area contributed by atoms with Gasteiger partial charge in [-0.2, -0.15) is 0 Å². The minimum Gasteiger partial charge on any atom is -0.364 e. The van der Waals surface area contributed by atoms with Gasteiger partial charge in [-0.05, 0) is 6.42 Å². The number of nitrogens with zero attached hydrogens (tertiary/aromatic N) is 2. The normalized spacial score (nSPS) is 19.8. The predicted octanol–water partition coefficient (Wildman–Crippen LogP) is 0.643. The maximum atomic E-state index is 10.7. The topological polar surface area (TPSA) is 64.5 Å². The summed E-state index contributed by atoms with van der Waals surface area (Å²) in [5.74, 6) is 2.52. The van der Waals surface area contributed by atoms with Gasteiger partial charge in [-0.25, -0.2) is 4.79 Å². The molecule has 2 aliphatic rings. The average molecular weight is 223 g/mol. The van der Waals surface area contributed by atoms with Gasteiger partial charge in [0.05, 0.1) is 5.84 Å². The lowest BCUT2D eigenvalue weighted by atomic mass is 10.3. The summed E-state index contributed by atoms with van der Waals surface area (Å²) < 4.78 is 0. The Bertz CT molecular complexity index is 345. The SMILES string of the molecule is CN1C(=O)CCC1=C=O.CN1CCCC1=N. The third-order valence-electron chi connectivity index (χ3n) is 2.84. The molecule has 0 radical (unpaired) electrons. The van der Waals surface area contributed by atoms with Crippen molar-refractivity contribution in [2.24, 2.45) is 0 Å². The first-order valence-corrected chi connectivity index (χ1v) is 5.35. The van der Waals surface area contributed by atoms with Crippen LogP contribution in [0.2, 0.25) is 0 Å². The highest BCUT2D eigenvalue weighted by atomic mass is 16.2. The number of allylic oxidation sites excluding steroid dienone is 1. The fraction of sp³-hybridized carbons (Fsp3) is 0.636. The highest BCUT2D eigenvalue weighted by molar-refractivity contribution is 5.83. The minimum atomic E-state index is 0.00773. The van der Waals surface area contributed by atoms with Gasteiger partial charge < -0.3 is 9.80 Å². The van der Waals surface area contributed by atoms with Crippen LogP contribution in [-0.2, 0) is 9.59 Å². The van der Waals surface area contributed by atoms with E-state index in [0.29, 0.717) is 18.5 Å². The molecule has 0 unspecified atom stereocenters. The third kappa shape index (κ3) is 2.94. The smallest absolute Gasteiger partial charge is 0.227 e. The van der Waals surface area contributed by atoms with Gasteiger partial charge in [0, 0.05) is 39.9 Å². The zero-order valence-corrected chi connectivity index (χ0v) is 9.75. The molecule has 0 aromatic carbocycles. The molecule has 1 N–H and O–H groups in total. The van der Waals surface area contributed by atoms with Gasteiger partial charge in [-0.15, -0.1) is 0 Å². The molecule has 1 amide bonds. The average Bonchev–Trinajstić information content (AvgIpc) is 2.78. The fourth-order valence-electron chi connectivity index (χ4n) is 1.64. The summed E-state index contributed by atoms with van der Waals surface area (Å²) in [5.41, 5.74) is 0.472. The van der Waals surface area contributed by atoms with E-state index in [2.05, 4.69) is 0 Å². The van der Waals surface area contributed by atoms with Crippen LogP contribution in [0, 0.1) is 5.41 Å². The van der Waals surface area contributed by atoms with E-state index in [1.165, 1.54) is 11.3 Å². The molecular weight excluding hydrogens is 206 g/mol. The van der Waals surface area contributed by atoms with Gasteiger partial charge >= 0.3 is 0 Å². The maximum Gasteiger partial charge on any atom is 0.227 e. The van der Waals surface area contributed by atoms with Gasteiger partial charge in [-0.1, -0.05) is 0 Å². The fourth-order valence-corrected chi connectivity index (χ4v) is 1.64. The van der Waals surface area contributed by atoms with Gasteiger partial charge in [0.2, 0.25) is 5.91 Å². The van der Waals surface area contributed by atoms with Gasteiger partial charge in [-0.3, -0.25) is 10.2 Å². The van der Waals surface area contributed by atoms with Crippen molar-refractivity contribution < 1.29 is 9.59 Å². The van der Waals surface area contributed by atoms with Gasteiger partial charge in [0.15, 0.2) is 0 Å². The number of carbonyl (C=O) groups excluding carboxylic acids is 2. The molecule has 0 aliphatic carbocycles. The van der Waals surface area contributed by atoms with E-state index < -0.39 is 0 Å². The van der Waals surface area contributed by atoms with Crippen molar-refractivity contribution >= 4 is 17.7 Å². The molecule has 2 saturated heterocycles.